The summed E-state index contributed by atoms with van der Waals surface area (Å²) in [6, 6.07) is 0. The molecule has 7 heteroatoms. The van der Waals surface area contributed by atoms with E-state index in [0.717, 1.165) is 51.4 Å². The molecular weight excluding hydrogens is 300 g/mol. The van der Waals surface area contributed by atoms with Gasteiger partial charge < -0.3 is 15.4 Å². The van der Waals surface area contributed by atoms with Crippen molar-refractivity contribution in [2.24, 2.45) is 5.92 Å². The van der Waals surface area contributed by atoms with Gasteiger partial charge in [0.1, 0.15) is 5.01 Å². The maximum Gasteiger partial charge on any atom is 0.225 e. The molecular formula is C15H24N4O2S. The Kier molecular flexibility index (Phi) is 5.41. The average Bonchev–Trinajstić information content (AvgIpc) is 2.82. The predicted octanol–water partition coefficient (Wildman–Crippen LogP) is 0.378. The maximum atomic E-state index is 11.8. The minimum atomic E-state index is 0.164. The number of thiazole rings is 1. The van der Waals surface area contributed by atoms with Crippen molar-refractivity contribution in [3.05, 3.63) is 16.1 Å². The molecule has 0 unspecified atom stereocenters. The fourth-order valence-electron chi connectivity index (χ4n) is 2.74. The topological polar surface area (TPSA) is 66.5 Å². The van der Waals surface area contributed by atoms with Crippen LogP contribution in [0.5, 0.6) is 0 Å². The summed E-state index contributed by atoms with van der Waals surface area (Å²) in [5.74, 6) is 0.335. The van der Waals surface area contributed by atoms with Gasteiger partial charge in [-0.25, -0.2) is 4.98 Å². The Morgan fingerprint density at radius 3 is 3.14 bits per heavy atom. The first-order chi connectivity index (χ1) is 10.7. The summed E-state index contributed by atoms with van der Waals surface area (Å²) < 4.78 is 5.81. The zero-order valence-electron chi connectivity index (χ0n) is 13.0. The minimum Gasteiger partial charge on any atom is -0.375 e. The average molecular weight is 324 g/mol. The zero-order chi connectivity index (χ0) is 15.4. The number of rotatable bonds is 6. The van der Waals surface area contributed by atoms with E-state index < -0.39 is 0 Å². The van der Waals surface area contributed by atoms with Crippen LogP contribution in [0.2, 0.25) is 0 Å². The second-order valence-corrected chi connectivity index (χ2v) is 6.99. The second-order valence-electron chi connectivity index (χ2n) is 6.05. The van der Waals surface area contributed by atoms with Crippen LogP contribution in [-0.4, -0.2) is 61.2 Å². The normalized spacial score (nSPS) is 23.2. The van der Waals surface area contributed by atoms with Gasteiger partial charge in [-0.2, -0.15) is 0 Å². The van der Waals surface area contributed by atoms with E-state index in [4.69, 9.17) is 4.74 Å². The van der Waals surface area contributed by atoms with Crippen LogP contribution in [0, 0.1) is 12.8 Å². The minimum absolute atomic E-state index is 0.164. The van der Waals surface area contributed by atoms with Crippen molar-refractivity contribution < 1.29 is 9.53 Å². The summed E-state index contributed by atoms with van der Waals surface area (Å²) in [6.45, 7) is 7.88. The Morgan fingerprint density at radius 1 is 1.59 bits per heavy atom. The van der Waals surface area contributed by atoms with Crippen LogP contribution in [0.15, 0.2) is 5.38 Å². The van der Waals surface area contributed by atoms with Crippen LogP contribution in [0.1, 0.15) is 17.1 Å². The highest BCUT2D eigenvalue weighted by molar-refractivity contribution is 7.09. The number of aryl methyl sites for hydroxylation is 1. The molecule has 0 aliphatic carbocycles. The molecule has 6 nitrogen and oxygen atoms in total. The molecule has 2 aliphatic rings. The third-order valence-electron chi connectivity index (χ3n) is 4.17. The van der Waals surface area contributed by atoms with E-state index in [0.29, 0.717) is 6.54 Å². The molecule has 1 aromatic rings. The first-order valence-electron chi connectivity index (χ1n) is 7.94. The van der Waals surface area contributed by atoms with Gasteiger partial charge in [0.05, 0.1) is 25.2 Å². The van der Waals surface area contributed by atoms with Gasteiger partial charge >= 0.3 is 0 Å². The van der Waals surface area contributed by atoms with Crippen molar-refractivity contribution in [1.82, 2.24) is 20.5 Å². The fraction of sp³-hybridized carbons (Fsp3) is 0.733. The summed E-state index contributed by atoms with van der Waals surface area (Å²) in [5.41, 5.74) is 1.10. The van der Waals surface area contributed by atoms with Gasteiger partial charge in [-0.1, -0.05) is 0 Å². The molecule has 22 heavy (non-hydrogen) atoms. The van der Waals surface area contributed by atoms with Crippen molar-refractivity contribution in [1.29, 1.82) is 0 Å². The number of aromatic nitrogens is 1. The predicted molar refractivity (Wildman–Crippen MR) is 85.9 cm³/mol. The van der Waals surface area contributed by atoms with E-state index in [2.05, 4.69) is 25.9 Å². The van der Waals surface area contributed by atoms with Crippen molar-refractivity contribution in [3.8, 4) is 0 Å². The van der Waals surface area contributed by atoms with E-state index >= 15 is 0 Å². The molecule has 1 atom stereocenters. The molecule has 2 aliphatic heterocycles. The van der Waals surface area contributed by atoms with Gasteiger partial charge in [0.2, 0.25) is 5.91 Å². The highest BCUT2D eigenvalue weighted by Gasteiger charge is 2.25. The van der Waals surface area contributed by atoms with Gasteiger partial charge in [-0.15, -0.1) is 11.3 Å². The van der Waals surface area contributed by atoms with Crippen molar-refractivity contribution >= 4 is 17.2 Å². The standard InChI is InChI=1S/C15H24N4O2S/c1-11-10-22-14(18-11)9-19-4-5-21-13(8-19)2-3-17-15(20)12-6-16-7-12/h10,12-13,16H,2-9H2,1H3,(H,17,20)/t13-/m1/s1. The molecule has 0 spiro atoms. The van der Waals surface area contributed by atoms with Crippen LogP contribution in [0.4, 0.5) is 0 Å². The van der Waals surface area contributed by atoms with Crippen LogP contribution < -0.4 is 10.6 Å². The molecule has 2 fully saturated rings. The molecule has 0 bridgehead atoms. The van der Waals surface area contributed by atoms with Gasteiger partial charge in [-0.05, 0) is 13.3 Å². The number of ether oxygens (including phenoxy) is 1. The fourth-order valence-corrected chi connectivity index (χ4v) is 3.55. The molecule has 1 amide bonds. The summed E-state index contributed by atoms with van der Waals surface area (Å²) in [4.78, 5) is 18.7. The SMILES string of the molecule is Cc1csc(CN2CCO[C@H](CCNC(=O)C3CNC3)C2)n1. The van der Waals surface area contributed by atoms with E-state index in [1.54, 1.807) is 11.3 Å². The molecule has 122 valence electrons. The van der Waals surface area contributed by atoms with Gasteiger partial charge in [0.25, 0.3) is 0 Å². The molecule has 2 saturated heterocycles. The van der Waals surface area contributed by atoms with Crippen LogP contribution >= 0.6 is 11.3 Å². The van der Waals surface area contributed by atoms with Gasteiger partial charge in [0, 0.05) is 43.8 Å². The van der Waals surface area contributed by atoms with Crippen molar-refractivity contribution in [2.75, 3.05) is 39.3 Å². The summed E-state index contributed by atoms with van der Waals surface area (Å²) in [6.07, 6.45) is 1.08. The third-order valence-corrected chi connectivity index (χ3v) is 5.12. The smallest absolute Gasteiger partial charge is 0.225 e. The number of amides is 1. The van der Waals surface area contributed by atoms with Gasteiger partial charge in [0.15, 0.2) is 0 Å². The Bertz CT molecular complexity index is 503. The molecule has 1 aromatic heterocycles. The Balaban J connectivity index is 1.37. The lowest BCUT2D eigenvalue weighted by atomic mass is 10.0. The van der Waals surface area contributed by atoms with Crippen LogP contribution in [0.3, 0.4) is 0 Å². The molecule has 3 rings (SSSR count). The third kappa shape index (κ3) is 4.25. The number of carbonyl (C=O) groups is 1. The summed E-state index contributed by atoms with van der Waals surface area (Å²) >= 11 is 1.72. The summed E-state index contributed by atoms with van der Waals surface area (Å²) in [7, 11) is 0. The van der Waals surface area contributed by atoms with Gasteiger partial charge in [-0.3, -0.25) is 9.69 Å². The van der Waals surface area contributed by atoms with Crippen LogP contribution in [0.25, 0.3) is 0 Å². The first kappa shape index (κ1) is 15.9. The second kappa shape index (κ2) is 7.50. The van der Waals surface area contributed by atoms with E-state index in [-0.39, 0.29) is 17.9 Å². The Morgan fingerprint density at radius 2 is 2.45 bits per heavy atom. The van der Waals surface area contributed by atoms with Crippen molar-refractivity contribution in [2.45, 2.75) is 26.0 Å². The molecule has 0 aromatic carbocycles. The number of carbonyl (C=O) groups excluding carboxylic acids is 1. The maximum absolute atomic E-state index is 11.8. The molecule has 0 saturated carbocycles. The first-order valence-corrected chi connectivity index (χ1v) is 8.82. The lowest BCUT2D eigenvalue weighted by Gasteiger charge is -2.32. The molecule has 2 N–H and O–H groups in total. The largest absolute Gasteiger partial charge is 0.375 e. The zero-order valence-corrected chi connectivity index (χ0v) is 13.8. The highest BCUT2D eigenvalue weighted by atomic mass is 32.1. The summed E-state index contributed by atoms with van der Waals surface area (Å²) in [5, 5.41) is 9.39. The quantitative estimate of drug-likeness (QED) is 0.792. The Labute approximate surface area is 135 Å². The van der Waals surface area contributed by atoms with Crippen molar-refractivity contribution in [3.63, 3.8) is 0 Å². The molecule has 3 heterocycles. The number of nitrogens with one attached hydrogen (secondary N) is 2. The lowest BCUT2D eigenvalue weighted by Crippen LogP contribution is -2.51. The number of hydrogen-bond acceptors (Lipinski definition) is 6. The molecule has 0 radical (unpaired) electrons. The number of nitrogens with zero attached hydrogens (tertiary/aromatic N) is 2. The monoisotopic (exact) mass is 324 g/mol. The Hall–Kier alpha value is -1.02. The van der Waals surface area contributed by atoms with E-state index in [1.807, 2.05) is 6.92 Å². The van der Waals surface area contributed by atoms with E-state index in [1.165, 1.54) is 5.01 Å². The van der Waals surface area contributed by atoms with Crippen LogP contribution in [-0.2, 0) is 16.1 Å². The van der Waals surface area contributed by atoms with E-state index in [9.17, 15) is 4.79 Å². The highest BCUT2D eigenvalue weighted by Crippen LogP contribution is 2.15. The number of hydrogen-bond donors (Lipinski definition) is 2. The number of morpholine rings is 1. The lowest BCUT2D eigenvalue weighted by molar-refractivity contribution is -0.126.